The highest BCUT2D eigenvalue weighted by Gasteiger charge is 2.06. The first-order valence-electron chi connectivity index (χ1n) is 3.11. The lowest BCUT2D eigenvalue weighted by Gasteiger charge is -2.05. The normalized spacial score (nSPS) is 9.82. The summed E-state index contributed by atoms with van der Waals surface area (Å²) >= 11 is 5.78. The summed E-state index contributed by atoms with van der Waals surface area (Å²) in [5.74, 6) is 0. The SMILES string of the molecule is CC(C)n1ncc(N)c1Cl.Cl. The Kier molecular flexibility index (Phi) is 3.69. The summed E-state index contributed by atoms with van der Waals surface area (Å²) in [6.45, 7) is 4.00. The van der Waals surface area contributed by atoms with Gasteiger partial charge in [0.1, 0.15) is 5.15 Å². The average Bonchev–Trinajstić information content (AvgIpc) is 2.14. The third-order valence-electron chi connectivity index (χ3n) is 1.25. The minimum atomic E-state index is 0. The highest BCUT2D eigenvalue weighted by atomic mass is 35.5. The molecule has 0 radical (unpaired) electrons. The largest absolute Gasteiger partial charge is 0.395 e. The molecule has 0 atom stereocenters. The third kappa shape index (κ3) is 2.01. The molecule has 5 heteroatoms. The fourth-order valence-electron chi connectivity index (χ4n) is 0.721. The first kappa shape index (κ1) is 10.6. The van der Waals surface area contributed by atoms with Gasteiger partial charge in [-0.15, -0.1) is 12.4 Å². The molecule has 0 aliphatic rings. The zero-order chi connectivity index (χ0) is 7.72. The van der Waals surface area contributed by atoms with Crippen LogP contribution < -0.4 is 5.73 Å². The summed E-state index contributed by atoms with van der Waals surface area (Å²) in [4.78, 5) is 0. The molecule has 0 saturated heterocycles. The van der Waals surface area contributed by atoms with Crippen molar-refractivity contribution in [1.82, 2.24) is 9.78 Å². The summed E-state index contributed by atoms with van der Waals surface area (Å²) < 4.78 is 1.68. The van der Waals surface area contributed by atoms with E-state index in [4.69, 9.17) is 17.3 Å². The molecule has 2 N–H and O–H groups in total. The molecule has 64 valence electrons. The quantitative estimate of drug-likeness (QED) is 0.747. The second-order valence-electron chi connectivity index (χ2n) is 2.43. The van der Waals surface area contributed by atoms with Crippen LogP contribution in [0.5, 0.6) is 0 Å². The Balaban J connectivity index is 0.000001000. The lowest BCUT2D eigenvalue weighted by molar-refractivity contribution is 0.533. The Hall–Kier alpha value is -0.410. The van der Waals surface area contributed by atoms with E-state index in [1.807, 2.05) is 13.8 Å². The Morgan fingerprint density at radius 1 is 1.64 bits per heavy atom. The molecular weight excluding hydrogens is 185 g/mol. The minimum absolute atomic E-state index is 0. The maximum absolute atomic E-state index is 5.78. The summed E-state index contributed by atoms with van der Waals surface area (Å²) in [5, 5.41) is 4.50. The van der Waals surface area contributed by atoms with E-state index in [2.05, 4.69) is 5.10 Å². The maximum Gasteiger partial charge on any atom is 0.150 e. The van der Waals surface area contributed by atoms with Gasteiger partial charge in [-0.05, 0) is 13.8 Å². The van der Waals surface area contributed by atoms with Gasteiger partial charge < -0.3 is 5.73 Å². The van der Waals surface area contributed by atoms with E-state index < -0.39 is 0 Å². The Bertz CT molecular complexity index is 232. The molecular formula is C6H11Cl2N3. The number of anilines is 1. The molecule has 3 nitrogen and oxygen atoms in total. The van der Waals surface area contributed by atoms with E-state index in [-0.39, 0.29) is 18.4 Å². The molecule has 0 unspecified atom stereocenters. The number of nitrogen functional groups attached to an aromatic ring is 1. The molecule has 0 bridgehead atoms. The van der Waals surface area contributed by atoms with E-state index in [1.165, 1.54) is 0 Å². The second-order valence-corrected chi connectivity index (χ2v) is 2.79. The molecule has 1 aromatic rings. The van der Waals surface area contributed by atoms with E-state index in [0.717, 1.165) is 0 Å². The number of rotatable bonds is 1. The van der Waals surface area contributed by atoms with Crippen molar-refractivity contribution >= 4 is 29.7 Å². The van der Waals surface area contributed by atoms with Gasteiger partial charge in [0.15, 0.2) is 0 Å². The molecule has 0 aliphatic heterocycles. The molecule has 0 saturated carbocycles. The Labute approximate surface area is 76.9 Å². The van der Waals surface area contributed by atoms with Crippen molar-refractivity contribution in [3.63, 3.8) is 0 Å². The van der Waals surface area contributed by atoms with Crippen LogP contribution in [-0.4, -0.2) is 9.78 Å². The zero-order valence-corrected chi connectivity index (χ0v) is 7.99. The fourth-order valence-corrected chi connectivity index (χ4v) is 1.01. The topological polar surface area (TPSA) is 43.8 Å². The number of nitrogens with zero attached hydrogens (tertiary/aromatic N) is 2. The third-order valence-corrected chi connectivity index (χ3v) is 1.64. The molecule has 0 amide bonds. The van der Waals surface area contributed by atoms with Crippen molar-refractivity contribution in [2.45, 2.75) is 19.9 Å². The molecule has 1 aromatic heterocycles. The monoisotopic (exact) mass is 195 g/mol. The average molecular weight is 196 g/mol. The summed E-state index contributed by atoms with van der Waals surface area (Å²) in [5.41, 5.74) is 6.00. The van der Waals surface area contributed by atoms with Crippen molar-refractivity contribution in [2.75, 3.05) is 5.73 Å². The van der Waals surface area contributed by atoms with Crippen molar-refractivity contribution < 1.29 is 0 Å². The highest BCUT2D eigenvalue weighted by molar-refractivity contribution is 6.32. The lowest BCUT2D eigenvalue weighted by Crippen LogP contribution is -2.02. The van der Waals surface area contributed by atoms with Crippen LogP contribution in [0.1, 0.15) is 19.9 Å². The Morgan fingerprint density at radius 3 is 2.36 bits per heavy atom. The number of hydrogen-bond acceptors (Lipinski definition) is 2. The van der Waals surface area contributed by atoms with Gasteiger partial charge in [0.25, 0.3) is 0 Å². The van der Waals surface area contributed by atoms with Gasteiger partial charge in [0.2, 0.25) is 0 Å². The van der Waals surface area contributed by atoms with Crippen molar-refractivity contribution in [3.05, 3.63) is 11.3 Å². The summed E-state index contributed by atoms with van der Waals surface area (Å²) in [6, 6.07) is 0.268. The van der Waals surface area contributed by atoms with Crippen molar-refractivity contribution in [1.29, 1.82) is 0 Å². The Morgan fingerprint density at radius 2 is 2.18 bits per heavy atom. The van der Waals surface area contributed by atoms with Crippen molar-refractivity contribution in [3.8, 4) is 0 Å². The van der Waals surface area contributed by atoms with Gasteiger partial charge >= 0.3 is 0 Å². The minimum Gasteiger partial charge on any atom is -0.395 e. The van der Waals surface area contributed by atoms with Crippen LogP contribution in [0, 0.1) is 0 Å². The molecule has 0 aromatic carbocycles. The first-order valence-corrected chi connectivity index (χ1v) is 3.49. The molecule has 11 heavy (non-hydrogen) atoms. The molecule has 0 fully saturated rings. The number of nitrogens with two attached hydrogens (primary N) is 1. The summed E-state index contributed by atoms with van der Waals surface area (Å²) in [7, 11) is 0. The van der Waals surface area contributed by atoms with Crippen LogP contribution in [0.4, 0.5) is 5.69 Å². The van der Waals surface area contributed by atoms with Crippen LogP contribution >= 0.6 is 24.0 Å². The molecule has 1 heterocycles. The van der Waals surface area contributed by atoms with Crippen LogP contribution in [0.3, 0.4) is 0 Å². The number of aromatic nitrogens is 2. The van der Waals surface area contributed by atoms with Crippen molar-refractivity contribution in [2.24, 2.45) is 0 Å². The molecule has 0 aliphatic carbocycles. The van der Waals surface area contributed by atoms with Crippen LogP contribution in [0.25, 0.3) is 0 Å². The van der Waals surface area contributed by atoms with Gasteiger partial charge in [0, 0.05) is 6.04 Å². The van der Waals surface area contributed by atoms with E-state index in [1.54, 1.807) is 10.9 Å². The van der Waals surface area contributed by atoms with Gasteiger partial charge in [-0.25, -0.2) is 4.68 Å². The zero-order valence-electron chi connectivity index (χ0n) is 6.41. The van der Waals surface area contributed by atoms with Crippen LogP contribution in [0.15, 0.2) is 6.20 Å². The van der Waals surface area contributed by atoms with E-state index in [0.29, 0.717) is 10.8 Å². The molecule has 1 rings (SSSR count). The van der Waals surface area contributed by atoms with E-state index in [9.17, 15) is 0 Å². The maximum atomic E-state index is 5.78. The smallest absolute Gasteiger partial charge is 0.150 e. The highest BCUT2D eigenvalue weighted by Crippen LogP contribution is 2.20. The van der Waals surface area contributed by atoms with E-state index >= 15 is 0 Å². The van der Waals surface area contributed by atoms with Gasteiger partial charge in [-0.3, -0.25) is 0 Å². The number of hydrogen-bond donors (Lipinski definition) is 1. The standard InChI is InChI=1S/C6H10ClN3.ClH/c1-4(2)10-6(7)5(8)3-9-10;/h3-4H,8H2,1-2H3;1H. The predicted octanol–water partition coefficient (Wildman–Crippen LogP) is 2.12. The molecule has 0 spiro atoms. The summed E-state index contributed by atoms with van der Waals surface area (Å²) in [6.07, 6.45) is 1.56. The van der Waals surface area contributed by atoms with Gasteiger partial charge in [-0.2, -0.15) is 5.10 Å². The van der Waals surface area contributed by atoms with Crippen LogP contribution in [-0.2, 0) is 0 Å². The number of halogens is 2. The predicted molar refractivity (Wildman–Crippen MR) is 49.3 cm³/mol. The second kappa shape index (κ2) is 3.83. The van der Waals surface area contributed by atoms with Gasteiger partial charge in [-0.1, -0.05) is 11.6 Å². The first-order chi connectivity index (χ1) is 4.63. The van der Waals surface area contributed by atoms with Crippen LogP contribution in [0.2, 0.25) is 5.15 Å². The van der Waals surface area contributed by atoms with Gasteiger partial charge in [0.05, 0.1) is 11.9 Å². The lowest BCUT2D eigenvalue weighted by atomic mass is 10.4. The fraction of sp³-hybridized carbons (Fsp3) is 0.500.